The molecule has 13 aromatic rings. The SMILES string of the molecule is Cc1ccc(-c2cc3c(ccc4cc(-c5ccc6ccc7cccc8ccc5c6c78)cc(-c5ccc(C)cc5)c43)cc2-c2ccc3ccc4cccc5ccc2c3c45)cc1. The Morgan fingerprint density at radius 2 is 0.667 bits per heavy atom. The second-order valence-corrected chi connectivity index (χ2v) is 17.0. The fourth-order valence-corrected chi connectivity index (χ4v) is 10.5. The lowest BCUT2D eigenvalue weighted by molar-refractivity contribution is 1.47. The zero-order chi connectivity index (χ0) is 39.6. The third kappa shape index (κ3) is 4.85. The minimum absolute atomic E-state index is 1.22. The van der Waals surface area contributed by atoms with E-state index < -0.39 is 0 Å². The number of hydrogen-bond acceptors (Lipinski definition) is 0. The van der Waals surface area contributed by atoms with Crippen molar-refractivity contribution in [2.45, 2.75) is 13.8 Å². The Kier molecular flexibility index (Phi) is 6.95. The number of fused-ring (bicyclic) bond motifs is 3. The maximum absolute atomic E-state index is 2.49. The minimum Gasteiger partial charge on any atom is -0.0610 e. The van der Waals surface area contributed by atoms with Gasteiger partial charge in [0.25, 0.3) is 0 Å². The molecule has 0 aliphatic heterocycles. The highest BCUT2D eigenvalue weighted by Crippen LogP contribution is 2.47. The molecule has 0 aliphatic rings. The largest absolute Gasteiger partial charge is 0.0610 e. The minimum atomic E-state index is 1.22. The lowest BCUT2D eigenvalue weighted by Crippen LogP contribution is -1.93. The predicted octanol–water partition coefficient (Wildman–Crippen LogP) is 17.1. The fraction of sp³-hybridized carbons (Fsp3) is 0.0333. The summed E-state index contributed by atoms with van der Waals surface area (Å²) in [6.07, 6.45) is 0. The van der Waals surface area contributed by atoms with Crippen molar-refractivity contribution in [2.75, 3.05) is 0 Å². The van der Waals surface area contributed by atoms with Gasteiger partial charge < -0.3 is 0 Å². The predicted molar refractivity (Wildman–Crippen MR) is 260 cm³/mol. The monoisotopic (exact) mass is 758 g/mol. The molecule has 0 aliphatic carbocycles. The Balaban J connectivity index is 1.11. The first kappa shape index (κ1) is 33.4. The molecule has 0 saturated heterocycles. The van der Waals surface area contributed by atoms with Crippen molar-refractivity contribution >= 4 is 86.2 Å². The number of hydrogen-bond donors (Lipinski definition) is 0. The van der Waals surface area contributed by atoms with Gasteiger partial charge in [-0.3, -0.25) is 0 Å². The van der Waals surface area contributed by atoms with Crippen molar-refractivity contribution in [3.63, 3.8) is 0 Å². The van der Waals surface area contributed by atoms with Crippen LogP contribution >= 0.6 is 0 Å². The van der Waals surface area contributed by atoms with Crippen molar-refractivity contribution in [1.29, 1.82) is 0 Å². The first-order valence-corrected chi connectivity index (χ1v) is 21.1. The van der Waals surface area contributed by atoms with Gasteiger partial charge in [-0.1, -0.05) is 181 Å². The lowest BCUT2D eigenvalue weighted by Gasteiger charge is -2.20. The van der Waals surface area contributed by atoms with Gasteiger partial charge in [0.15, 0.2) is 0 Å². The van der Waals surface area contributed by atoms with Crippen molar-refractivity contribution in [3.05, 3.63) is 205 Å². The van der Waals surface area contributed by atoms with Crippen LogP contribution in [0.4, 0.5) is 0 Å². The van der Waals surface area contributed by atoms with Gasteiger partial charge >= 0.3 is 0 Å². The van der Waals surface area contributed by atoms with E-state index in [0.717, 1.165) is 0 Å². The molecule has 0 aromatic heterocycles. The van der Waals surface area contributed by atoms with E-state index >= 15 is 0 Å². The molecule has 0 unspecified atom stereocenters. The van der Waals surface area contributed by atoms with Gasteiger partial charge in [0.2, 0.25) is 0 Å². The highest BCUT2D eigenvalue weighted by atomic mass is 14.2. The smallest absolute Gasteiger partial charge is 0.00206 e. The zero-order valence-corrected chi connectivity index (χ0v) is 33.5. The van der Waals surface area contributed by atoms with Crippen LogP contribution in [0.5, 0.6) is 0 Å². The second kappa shape index (κ2) is 12.5. The van der Waals surface area contributed by atoms with E-state index in [1.807, 2.05) is 0 Å². The van der Waals surface area contributed by atoms with Crippen LogP contribution in [0.2, 0.25) is 0 Å². The van der Waals surface area contributed by atoms with E-state index in [4.69, 9.17) is 0 Å². The Bertz CT molecular complexity index is 3830. The maximum Gasteiger partial charge on any atom is -0.00206 e. The third-order valence-corrected chi connectivity index (χ3v) is 13.5. The van der Waals surface area contributed by atoms with Crippen LogP contribution in [0, 0.1) is 13.8 Å². The van der Waals surface area contributed by atoms with Crippen LogP contribution in [0.1, 0.15) is 11.1 Å². The van der Waals surface area contributed by atoms with E-state index in [1.54, 1.807) is 0 Å². The number of rotatable bonds is 4. The van der Waals surface area contributed by atoms with Crippen LogP contribution in [0.25, 0.3) is 131 Å². The summed E-state index contributed by atoms with van der Waals surface area (Å²) in [5.74, 6) is 0. The molecule has 60 heavy (non-hydrogen) atoms. The Morgan fingerprint density at radius 3 is 1.25 bits per heavy atom. The molecule has 0 heteroatoms. The van der Waals surface area contributed by atoms with Gasteiger partial charge in [-0.25, -0.2) is 0 Å². The van der Waals surface area contributed by atoms with Crippen LogP contribution in [0.15, 0.2) is 194 Å². The molecule has 0 amide bonds. The van der Waals surface area contributed by atoms with Gasteiger partial charge in [-0.15, -0.1) is 0 Å². The molecule has 0 fully saturated rings. The molecule has 0 heterocycles. The quantitative estimate of drug-likeness (QED) is 0.157. The van der Waals surface area contributed by atoms with E-state index in [1.165, 1.54) is 142 Å². The molecule has 13 rings (SSSR count). The van der Waals surface area contributed by atoms with Crippen LogP contribution in [0.3, 0.4) is 0 Å². The van der Waals surface area contributed by atoms with E-state index in [9.17, 15) is 0 Å². The molecule has 0 radical (unpaired) electrons. The zero-order valence-electron chi connectivity index (χ0n) is 33.5. The first-order valence-electron chi connectivity index (χ1n) is 21.1. The topological polar surface area (TPSA) is 0 Å². The third-order valence-electron chi connectivity index (χ3n) is 13.5. The summed E-state index contributed by atoms with van der Waals surface area (Å²) in [7, 11) is 0. The Labute approximate surface area is 348 Å². The average Bonchev–Trinajstić information content (AvgIpc) is 3.29. The van der Waals surface area contributed by atoms with Gasteiger partial charge in [-0.2, -0.15) is 0 Å². The molecule has 278 valence electrons. The summed E-state index contributed by atoms with van der Waals surface area (Å²) in [6.45, 7) is 4.35. The maximum atomic E-state index is 2.49. The summed E-state index contributed by atoms with van der Waals surface area (Å²) in [4.78, 5) is 0. The summed E-state index contributed by atoms with van der Waals surface area (Å²) in [6, 6.07) is 73.8. The molecule has 13 aromatic carbocycles. The Hall–Kier alpha value is -7.54. The van der Waals surface area contributed by atoms with E-state index in [-0.39, 0.29) is 0 Å². The molecular weight excluding hydrogens is 721 g/mol. The Morgan fingerprint density at radius 1 is 0.217 bits per heavy atom. The van der Waals surface area contributed by atoms with Crippen molar-refractivity contribution in [1.82, 2.24) is 0 Å². The summed E-state index contributed by atoms with van der Waals surface area (Å²) >= 11 is 0. The summed E-state index contributed by atoms with van der Waals surface area (Å²) < 4.78 is 0. The van der Waals surface area contributed by atoms with Crippen molar-refractivity contribution in [2.24, 2.45) is 0 Å². The average molecular weight is 759 g/mol. The molecule has 0 bridgehead atoms. The van der Waals surface area contributed by atoms with Crippen LogP contribution < -0.4 is 0 Å². The second-order valence-electron chi connectivity index (χ2n) is 17.0. The van der Waals surface area contributed by atoms with Crippen LogP contribution in [-0.2, 0) is 0 Å². The lowest BCUT2D eigenvalue weighted by atomic mass is 9.84. The first-order chi connectivity index (χ1) is 29.5. The fourth-order valence-electron chi connectivity index (χ4n) is 10.5. The van der Waals surface area contributed by atoms with Crippen LogP contribution in [-0.4, -0.2) is 0 Å². The molecule has 0 N–H and O–H groups in total. The summed E-state index contributed by atoms with van der Waals surface area (Å²) in [5.41, 5.74) is 12.5. The van der Waals surface area contributed by atoms with E-state index in [2.05, 4.69) is 208 Å². The highest BCUT2D eigenvalue weighted by Gasteiger charge is 2.20. The van der Waals surface area contributed by atoms with Gasteiger partial charge in [0.05, 0.1) is 0 Å². The molecular formula is C60H38. The van der Waals surface area contributed by atoms with Crippen molar-refractivity contribution < 1.29 is 0 Å². The van der Waals surface area contributed by atoms with Gasteiger partial charge in [-0.05, 0) is 169 Å². The standard InChI is InChI=1S/C60H38/c1-35-9-13-37(14-10-35)52-34-54-45(32-55(52)49-28-24-44-20-18-40-6-4-8-42-26-30-51(49)60(44)57(40)42)21-22-46-31-47(33-53(58(46)54)38-15-11-36(2)12-16-38)48-27-23-43-19-17-39-5-3-7-41-25-29-50(48)59(43)56(39)41/h3-34H,1-2H3. The highest BCUT2D eigenvalue weighted by molar-refractivity contribution is 6.28. The molecule has 0 nitrogen and oxygen atoms in total. The van der Waals surface area contributed by atoms with E-state index in [0.29, 0.717) is 0 Å². The van der Waals surface area contributed by atoms with Gasteiger partial charge in [0.1, 0.15) is 0 Å². The molecule has 0 atom stereocenters. The number of aryl methyl sites for hydroxylation is 2. The van der Waals surface area contributed by atoms with Crippen molar-refractivity contribution in [3.8, 4) is 44.5 Å². The summed E-state index contributed by atoms with van der Waals surface area (Å²) in [5, 5.41) is 20.7. The molecule has 0 spiro atoms. The number of benzene rings is 13. The normalized spacial score (nSPS) is 12.2. The van der Waals surface area contributed by atoms with Gasteiger partial charge in [0, 0.05) is 0 Å². The molecule has 0 saturated carbocycles.